The van der Waals surface area contributed by atoms with Crippen molar-refractivity contribution in [2.45, 2.75) is 33.1 Å². The van der Waals surface area contributed by atoms with Gasteiger partial charge in [0.2, 0.25) is 17.7 Å². The number of amides is 3. The SMILES string of the molecule is CN(C)CC(C)(C)CNC(=O)C1CCN(C(=O)C2CCN(c3ccc(Cl)cc3)C2=O)CC1. The molecule has 2 heterocycles. The van der Waals surface area contributed by atoms with Gasteiger partial charge in [0.25, 0.3) is 0 Å². The highest BCUT2D eigenvalue weighted by atomic mass is 35.5. The molecule has 2 aliphatic heterocycles. The van der Waals surface area contributed by atoms with E-state index in [1.807, 2.05) is 14.1 Å². The molecule has 7 nitrogen and oxygen atoms in total. The number of carbonyl (C=O) groups excluding carboxylic acids is 3. The highest BCUT2D eigenvalue weighted by Crippen LogP contribution is 2.29. The molecule has 0 radical (unpaired) electrons. The first-order chi connectivity index (χ1) is 15.1. The van der Waals surface area contributed by atoms with Crippen LogP contribution in [0.2, 0.25) is 5.02 Å². The molecule has 2 saturated heterocycles. The summed E-state index contributed by atoms with van der Waals surface area (Å²) in [5, 5.41) is 3.71. The third-order valence-electron chi connectivity index (χ3n) is 6.30. The number of carbonyl (C=O) groups is 3. The second-order valence-corrected chi connectivity index (χ2v) is 10.5. The molecule has 3 rings (SSSR count). The standard InChI is InChI=1S/C24H35ClN4O3/c1-24(2,16-27(3)4)15-26-21(30)17-9-12-28(13-10-17)22(31)20-11-14-29(23(20)32)19-7-5-18(25)6-8-19/h5-8,17,20H,9-16H2,1-4H3,(H,26,30). The van der Waals surface area contributed by atoms with Crippen LogP contribution < -0.4 is 10.2 Å². The van der Waals surface area contributed by atoms with Gasteiger partial charge in [-0.25, -0.2) is 0 Å². The Labute approximate surface area is 196 Å². The minimum Gasteiger partial charge on any atom is -0.355 e. The summed E-state index contributed by atoms with van der Waals surface area (Å²) in [5.74, 6) is -0.922. The van der Waals surface area contributed by atoms with Crippen molar-refractivity contribution in [3.05, 3.63) is 29.3 Å². The van der Waals surface area contributed by atoms with Gasteiger partial charge in [0.15, 0.2) is 0 Å². The van der Waals surface area contributed by atoms with Gasteiger partial charge in [-0.15, -0.1) is 0 Å². The number of likely N-dealkylation sites (tertiary alicyclic amines) is 1. The lowest BCUT2D eigenvalue weighted by atomic mass is 9.91. The quantitative estimate of drug-likeness (QED) is 0.632. The van der Waals surface area contributed by atoms with E-state index in [0.29, 0.717) is 50.5 Å². The van der Waals surface area contributed by atoms with Crippen LogP contribution in [-0.4, -0.2) is 74.3 Å². The molecule has 8 heteroatoms. The highest BCUT2D eigenvalue weighted by Gasteiger charge is 2.41. The molecule has 0 spiro atoms. The number of halogens is 1. The van der Waals surface area contributed by atoms with Gasteiger partial charge in [0.05, 0.1) is 0 Å². The number of anilines is 1. The van der Waals surface area contributed by atoms with Crippen molar-refractivity contribution in [1.82, 2.24) is 15.1 Å². The molecule has 0 saturated carbocycles. The molecule has 1 atom stereocenters. The largest absolute Gasteiger partial charge is 0.355 e. The Hall–Kier alpha value is -2.12. The summed E-state index contributed by atoms with van der Waals surface area (Å²) >= 11 is 5.94. The van der Waals surface area contributed by atoms with Crippen molar-refractivity contribution in [3.8, 4) is 0 Å². The monoisotopic (exact) mass is 462 g/mol. The minimum atomic E-state index is -0.636. The Morgan fingerprint density at radius 3 is 2.31 bits per heavy atom. The minimum absolute atomic E-state index is 0.00533. The van der Waals surface area contributed by atoms with Crippen molar-refractivity contribution < 1.29 is 14.4 Å². The number of piperidine rings is 1. The Bertz CT molecular complexity index is 832. The molecule has 1 unspecified atom stereocenters. The number of hydrogen-bond donors (Lipinski definition) is 1. The Morgan fingerprint density at radius 1 is 1.09 bits per heavy atom. The van der Waals surface area contributed by atoms with Crippen molar-refractivity contribution >= 4 is 35.0 Å². The van der Waals surface area contributed by atoms with Crippen LogP contribution in [0.15, 0.2) is 24.3 Å². The third kappa shape index (κ3) is 6.01. The molecule has 2 aliphatic rings. The van der Waals surface area contributed by atoms with Crippen LogP contribution in [0.25, 0.3) is 0 Å². The molecule has 0 bridgehead atoms. The van der Waals surface area contributed by atoms with Crippen molar-refractivity contribution in [2.24, 2.45) is 17.3 Å². The summed E-state index contributed by atoms with van der Waals surface area (Å²) < 4.78 is 0. The first kappa shape index (κ1) is 24.5. The van der Waals surface area contributed by atoms with Gasteiger partial charge in [-0.1, -0.05) is 25.4 Å². The fourth-order valence-corrected chi connectivity index (χ4v) is 4.88. The summed E-state index contributed by atoms with van der Waals surface area (Å²) in [4.78, 5) is 44.1. The molecule has 1 aromatic carbocycles. The van der Waals surface area contributed by atoms with Crippen LogP contribution in [0, 0.1) is 17.3 Å². The van der Waals surface area contributed by atoms with Gasteiger partial charge in [-0.3, -0.25) is 14.4 Å². The number of benzene rings is 1. The predicted molar refractivity (Wildman–Crippen MR) is 127 cm³/mol. The van der Waals surface area contributed by atoms with Crippen LogP contribution in [0.4, 0.5) is 5.69 Å². The second-order valence-electron chi connectivity index (χ2n) is 10.0. The summed E-state index contributed by atoms with van der Waals surface area (Å²) in [6.07, 6.45) is 1.78. The van der Waals surface area contributed by atoms with Gasteiger partial charge in [0, 0.05) is 49.4 Å². The normalized spacial score (nSPS) is 20.2. The molecule has 1 aromatic rings. The molecule has 32 heavy (non-hydrogen) atoms. The lowest BCUT2D eigenvalue weighted by molar-refractivity contribution is -0.142. The van der Waals surface area contributed by atoms with Gasteiger partial charge in [-0.05, 0) is 63.0 Å². The van der Waals surface area contributed by atoms with Crippen LogP contribution in [0.5, 0.6) is 0 Å². The number of nitrogens with zero attached hydrogens (tertiary/aromatic N) is 3. The zero-order valence-electron chi connectivity index (χ0n) is 19.6. The van der Waals surface area contributed by atoms with E-state index in [1.54, 1.807) is 34.1 Å². The van der Waals surface area contributed by atoms with Crippen LogP contribution >= 0.6 is 11.6 Å². The van der Waals surface area contributed by atoms with E-state index in [0.717, 1.165) is 12.2 Å². The van der Waals surface area contributed by atoms with Crippen LogP contribution in [0.1, 0.15) is 33.1 Å². The smallest absolute Gasteiger partial charge is 0.239 e. The zero-order chi connectivity index (χ0) is 23.5. The first-order valence-corrected chi connectivity index (χ1v) is 11.7. The maximum Gasteiger partial charge on any atom is 0.239 e. The second kappa shape index (κ2) is 10.2. The van der Waals surface area contributed by atoms with Crippen molar-refractivity contribution in [3.63, 3.8) is 0 Å². The average Bonchev–Trinajstić information content (AvgIpc) is 3.12. The summed E-state index contributed by atoms with van der Waals surface area (Å²) in [5.41, 5.74) is 0.761. The van der Waals surface area contributed by atoms with Crippen molar-refractivity contribution in [2.75, 3.05) is 51.7 Å². The lowest BCUT2D eigenvalue weighted by Gasteiger charge is -2.34. The summed E-state index contributed by atoms with van der Waals surface area (Å²) in [6.45, 7) is 7.36. The Balaban J connectivity index is 1.48. The summed E-state index contributed by atoms with van der Waals surface area (Å²) in [7, 11) is 4.06. The third-order valence-corrected chi connectivity index (χ3v) is 6.56. The Kier molecular flexibility index (Phi) is 7.83. The molecule has 0 aromatic heterocycles. The van der Waals surface area contributed by atoms with E-state index >= 15 is 0 Å². The fraction of sp³-hybridized carbons (Fsp3) is 0.625. The fourth-order valence-electron chi connectivity index (χ4n) is 4.75. The van der Waals surface area contributed by atoms with E-state index < -0.39 is 5.92 Å². The molecule has 2 fully saturated rings. The van der Waals surface area contributed by atoms with Gasteiger partial charge in [0.1, 0.15) is 5.92 Å². The number of nitrogens with one attached hydrogen (secondary N) is 1. The van der Waals surface area contributed by atoms with E-state index in [1.165, 1.54) is 0 Å². The van der Waals surface area contributed by atoms with E-state index in [2.05, 4.69) is 24.1 Å². The molecular weight excluding hydrogens is 428 g/mol. The number of hydrogen-bond acceptors (Lipinski definition) is 4. The molecule has 3 amide bonds. The summed E-state index contributed by atoms with van der Waals surface area (Å²) in [6, 6.07) is 7.10. The predicted octanol–water partition coefficient (Wildman–Crippen LogP) is 2.64. The number of rotatable bonds is 7. The first-order valence-electron chi connectivity index (χ1n) is 11.4. The van der Waals surface area contributed by atoms with E-state index in [9.17, 15) is 14.4 Å². The lowest BCUT2D eigenvalue weighted by Crippen LogP contribution is -2.48. The molecule has 176 valence electrons. The molecule has 0 aliphatic carbocycles. The van der Waals surface area contributed by atoms with E-state index in [4.69, 9.17) is 11.6 Å². The maximum atomic E-state index is 13.0. The van der Waals surface area contributed by atoms with E-state index in [-0.39, 0.29) is 29.1 Å². The highest BCUT2D eigenvalue weighted by molar-refractivity contribution is 6.30. The molecule has 1 N–H and O–H groups in total. The maximum absolute atomic E-state index is 13.0. The Morgan fingerprint density at radius 2 is 1.72 bits per heavy atom. The average molecular weight is 463 g/mol. The van der Waals surface area contributed by atoms with Gasteiger partial charge < -0.3 is 20.0 Å². The van der Waals surface area contributed by atoms with Crippen LogP contribution in [-0.2, 0) is 14.4 Å². The zero-order valence-corrected chi connectivity index (χ0v) is 20.3. The van der Waals surface area contributed by atoms with Gasteiger partial charge in [-0.2, -0.15) is 0 Å². The topological polar surface area (TPSA) is 73.0 Å². The molecular formula is C24H35ClN4O3. The van der Waals surface area contributed by atoms with Gasteiger partial charge >= 0.3 is 0 Å². The van der Waals surface area contributed by atoms with Crippen molar-refractivity contribution in [1.29, 1.82) is 0 Å². The van der Waals surface area contributed by atoms with Crippen LogP contribution in [0.3, 0.4) is 0 Å².